The Morgan fingerprint density at radius 1 is 1.29 bits per heavy atom. The van der Waals surface area contributed by atoms with E-state index in [-0.39, 0.29) is 11.6 Å². The molecule has 2 rings (SSSR count). The summed E-state index contributed by atoms with van der Waals surface area (Å²) in [7, 11) is 1.46. The second-order valence-corrected chi connectivity index (χ2v) is 5.10. The van der Waals surface area contributed by atoms with Crippen molar-refractivity contribution in [2.24, 2.45) is 5.41 Å². The second kappa shape index (κ2) is 2.88. The first-order chi connectivity index (χ1) is 6.53. The van der Waals surface area contributed by atoms with Gasteiger partial charge in [0.2, 0.25) is 0 Å². The first-order valence-electron chi connectivity index (χ1n) is 5.39. The van der Waals surface area contributed by atoms with Gasteiger partial charge in [0.05, 0.1) is 12.6 Å². The summed E-state index contributed by atoms with van der Waals surface area (Å²) in [5.41, 5.74) is 0.387. The molecule has 3 heteroatoms. The number of hydrogen-bond donors (Lipinski definition) is 0. The molecule has 2 aliphatic rings. The van der Waals surface area contributed by atoms with Gasteiger partial charge in [0.15, 0.2) is 0 Å². The zero-order valence-corrected chi connectivity index (χ0v) is 9.30. The molecular weight excluding hydrogens is 178 g/mol. The van der Waals surface area contributed by atoms with E-state index in [4.69, 9.17) is 4.74 Å². The van der Waals surface area contributed by atoms with Crippen molar-refractivity contribution in [3.63, 3.8) is 0 Å². The van der Waals surface area contributed by atoms with E-state index in [0.29, 0.717) is 5.41 Å². The van der Waals surface area contributed by atoms with Crippen molar-refractivity contribution in [1.29, 1.82) is 0 Å². The topological polar surface area (TPSA) is 29.5 Å². The zero-order valence-electron chi connectivity index (χ0n) is 9.30. The van der Waals surface area contributed by atoms with E-state index in [1.807, 2.05) is 4.90 Å². The molecule has 0 aromatic carbocycles. The van der Waals surface area contributed by atoms with E-state index in [0.717, 1.165) is 13.0 Å². The smallest absolute Gasteiger partial charge is 0.409 e. The fourth-order valence-corrected chi connectivity index (χ4v) is 3.07. The molecule has 1 amide bonds. The molecule has 2 atom stereocenters. The molecule has 1 aliphatic heterocycles. The van der Waals surface area contributed by atoms with Crippen molar-refractivity contribution >= 4 is 6.09 Å². The van der Waals surface area contributed by atoms with E-state index >= 15 is 0 Å². The average molecular weight is 197 g/mol. The third kappa shape index (κ3) is 1.01. The number of ether oxygens (including phenoxy) is 1. The Balaban J connectivity index is 2.17. The minimum absolute atomic E-state index is 0.0539. The Morgan fingerprint density at radius 3 is 2.50 bits per heavy atom. The van der Waals surface area contributed by atoms with Crippen LogP contribution in [0.15, 0.2) is 0 Å². The van der Waals surface area contributed by atoms with Gasteiger partial charge in [0.25, 0.3) is 0 Å². The molecule has 0 unspecified atom stereocenters. The van der Waals surface area contributed by atoms with Crippen LogP contribution in [-0.2, 0) is 4.74 Å². The van der Waals surface area contributed by atoms with Crippen LogP contribution in [-0.4, -0.2) is 30.2 Å². The largest absolute Gasteiger partial charge is 0.453 e. The summed E-state index contributed by atoms with van der Waals surface area (Å²) in [4.78, 5) is 13.4. The van der Waals surface area contributed by atoms with Gasteiger partial charge in [-0.25, -0.2) is 4.79 Å². The van der Waals surface area contributed by atoms with Crippen molar-refractivity contribution in [1.82, 2.24) is 4.90 Å². The van der Waals surface area contributed by atoms with E-state index in [1.165, 1.54) is 26.4 Å². The summed E-state index contributed by atoms with van der Waals surface area (Å²) in [5, 5.41) is 0. The molecule has 1 saturated heterocycles. The summed E-state index contributed by atoms with van der Waals surface area (Å²) in [6, 6.07) is 0. The Labute approximate surface area is 85.4 Å². The molecule has 1 aliphatic carbocycles. The quantitative estimate of drug-likeness (QED) is 0.597. The van der Waals surface area contributed by atoms with Crippen molar-refractivity contribution in [2.75, 3.05) is 13.7 Å². The molecule has 2 fully saturated rings. The number of rotatable bonds is 0. The van der Waals surface area contributed by atoms with E-state index < -0.39 is 0 Å². The zero-order chi connectivity index (χ0) is 10.4. The van der Waals surface area contributed by atoms with E-state index in [9.17, 15) is 4.79 Å². The lowest BCUT2D eigenvalue weighted by Crippen LogP contribution is -2.74. The highest BCUT2D eigenvalue weighted by molar-refractivity contribution is 5.70. The van der Waals surface area contributed by atoms with Gasteiger partial charge in [-0.05, 0) is 19.8 Å². The predicted octanol–water partition coefficient (Wildman–Crippen LogP) is 2.41. The van der Waals surface area contributed by atoms with Crippen molar-refractivity contribution < 1.29 is 9.53 Å². The lowest BCUT2D eigenvalue weighted by Gasteiger charge is -2.65. The minimum Gasteiger partial charge on any atom is -0.453 e. The average Bonchev–Trinajstić information content (AvgIpc) is 2.17. The Hall–Kier alpha value is -0.730. The molecule has 0 radical (unpaired) electrons. The van der Waals surface area contributed by atoms with Crippen LogP contribution in [0.3, 0.4) is 0 Å². The third-order valence-electron chi connectivity index (χ3n) is 4.44. The summed E-state index contributed by atoms with van der Waals surface area (Å²) in [6.07, 6.45) is 4.75. The molecule has 0 spiro atoms. The van der Waals surface area contributed by atoms with Gasteiger partial charge in [-0.3, -0.25) is 0 Å². The lowest BCUT2D eigenvalue weighted by atomic mass is 9.56. The molecule has 14 heavy (non-hydrogen) atoms. The van der Waals surface area contributed by atoms with Gasteiger partial charge in [-0.15, -0.1) is 0 Å². The highest BCUT2D eigenvalue weighted by Crippen LogP contribution is 2.55. The number of methoxy groups -OCH3 is 1. The normalized spacial score (nSPS) is 41.2. The molecular formula is C11H19NO2. The van der Waals surface area contributed by atoms with Gasteiger partial charge in [0.1, 0.15) is 0 Å². The first kappa shape index (κ1) is 9.81. The molecule has 3 nitrogen and oxygen atoms in total. The molecule has 1 heterocycles. The van der Waals surface area contributed by atoms with E-state index in [1.54, 1.807) is 0 Å². The van der Waals surface area contributed by atoms with E-state index in [2.05, 4.69) is 13.8 Å². The monoisotopic (exact) mass is 197 g/mol. The van der Waals surface area contributed by atoms with Gasteiger partial charge in [-0.1, -0.05) is 19.8 Å². The number of fused-ring (bicyclic) bond motifs is 1. The number of likely N-dealkylation sites (tertiary alicyclic amines) is 1. The van der Waals surface area contributed by atoms with Crippen LogP contribution in [0, 0.1) is 5.41 Å². The van der Waals surface area contributed by atoms with Gasteiger partial charge >= 0.3 is 6.09 Å². The highest BCUT2D eigenvalue weighted by atomic mass is 16.5. The summed E-state index contributed by atoms with van der Waals surface area (Å²) in [6.45, 7) is 5.37. The fourth-order valence-electron chi connectivity index (χ4n) is 3.07. The minimum atomic E-state index is -0.160. The standard InChI is InChI=1S/C11H19NO2/c1-10-6-4-5-7-11(10,2)12(8-10)9(13)14-3/h4-8H2,1-3H3/t10-,11+/m0/s1. The molecule has 0 N–H and O–H groups in total. The maximum absolute atomic E-state index is 11.5. The van der Waals surface area contributed by atoms with Crippen LogP contribution < -0.4 is 0 Å². The second-order valence-electron chi connectivity index (χ2n) is 5.10. The molecule has 80 valence electrons. The number of hydrogen-bond acceptors (Lipinski definition) is 2. The Bertz CT molecular complexity index is 266. The van der Waals surface area contributed by atoms with Crippen LogP contribution >= 0.6 is 0 Å². The number of carbonyl (C=O) groups excluding carboxylic acids is 1. The first-order valence-corrected chi connectivity index (χ1v) is 5.39. The Kier molecular flexibility index (Phi) is 2.02. The van der Waals surface area contributed by atoms with Crippen LogP contribution in [0.5, 0.6) is 0 Å². The number of carbonyl (C=O) groups is 1. The van der Waals surface area contributed by atoms with Gasteiger partial charge in [0, 0.05) is 12.0 Å². The Morgan fingerprint density at radius 2 is 1.93 bits per heavy atom. The van der Waals surface area contributed by atoms with Crippen LogP contribution in [0.4, 0.5) is 4.79 Å². The molecule has 0 aromatic rings. The maximum Gasteiger partial charge on any atom is 0.409 e. The van der Waals surface area contributed by atoms with Crippen molar-refractivity contribution in [2.45, 2.75) is 45.1 Å². The van der Waals surface area contributed by atoms with Crippen LogP contribution in [0.2, 0.25) is 0 Å². The third-order valence-corrected chi connectivity index (χ3v) is 4.44. The van der Waals surface area contributed by atoms with Gasteiger partial charge < -0.3 is 9.64 Å². The van der Waals surface area contributed by atoms with Gasteiger partial charge in [-0.2, -0.15) is 0 Å². The molecule has 1 saturated carbocycles. The summed E-state index contributed by atoms with van der Waals surface area (Å²) in [5.74, 6) is 0. The highest BCUT2D eigenvalue weighted by Gasteiger charge is 2.61. The van der Waals surface area contributed by atoms with Crippen molar-refractivity contribution in [3.05, 3.63) is 0 Å². The summed E-state index contributed by atoms with van der Waals surface area (Å²) >= 11 is 0. The number of nitrogens with zero attached hydrogens (tertiary/aromatic N) is 1. The fraction of sp³-hybridized carbons (Fsp3) is 0.909. The van der Waals surface area contributed by atoms with Crippen LogP contribution in [0.1, 0.15) is 39.5 Å². The maximum atomic E-state index is 11.5. The van der Waals surface area contributed by atoms with Crippen molar-refractivity contribution in [3.8, 4) is 0 Å². The summed E-state index contributed by atoms with van der Waals surface area (Å²) < 4.78 is 4.80. The SMILES string of the molecule is COC(=O)N1C[C@]2(C)CCCC[C@@]12C. The predicted molar refractivity (Wildman–Crippen MR) is 54.1 cm³/mol. The molecule has 0 bridgehead atoms. The molecule has 0 aromatic heterocycles. The number of amides is 1. The van der Waals surface area contributed by atoms with Crippen LogP contribution in [0.25, 0.3) is 0 Å². The lowest BCUT2D eigenvalue weighted by molar-refractivity contribution is -0.144.